The maximum atomic E-state index is 13.5. The minimum absolute atomic E-state index is 0.202. The van der Waals surface area contributed by atoms with Crippen molar-refractivity contribution in [2.45, 2.75) is 169 Å². The quantitative estimate of drug-likeness (QED) is 0.0198. The highest BCUT2D eigenvalue weighted by atomic mass is 16.6. The lowest BCUT2D eigenvalue weighted by Gasteiger charge is -2.09. The zero-order chi connectivity index (χ0) is 75.4. The van der Waals surface area contributed by atoms with E-state index >= 15 is 0 Å². The van der Waals surface area contributed by atoms with Crippen LogP contribution >= 0.6 is 0 Å². The van der Waals surface area contributed by atoms with Crippen LogP contribution in [0.1, 0.15) is 218 Å². The third-order valence-corrected chi connectivity index (χ3v) is 18.6. The minimum Gasteiger partial charge on any atom is -0.494 e. The number of aryl methyl sites for hydroxylation is 2. The van der Waals surface area contributed by atoms with Gasteiger partial charge in [0.15, 0.2) is 11.6 Å². The number of unbranched alkanes of at least 4 members (excludes halogenated alkanes) is 18. The molecular weight excluding hydrogens is 1360 g/mol. The molecule has 11 rings (SSSR count). The third kappa shape index (κ3) is 21.7. The van der Waals surface area contributed by atoms with Crippen molar-refractivity contribution in [2.75, 3.05) is 13.2 Å². The van der Waals surface area contributed by atoms with Gasteiger partial charge in [-0.1, -0.05) is 135 Å². The zero-order valence-electron chi connectivity index (χ0n) is 62.0. The van der Waals surface area contributed by atoms with Crippen molar-refractivity contribution < 1.29 is 66.7 Å². The first-order chi connectivity index (χ1) is 52.8. The first-order valence-corrected chi connectivity index (χ1v) is 38.0. The van der Waals surface area contributed by atoms with Crippen LogP contribution < -0.4 is 37.9 Å². The van der Waals surface area contributed by atoms with Gasteiger partial charge in [-0.3, -0.25) is 0 Å². The highest BCUT2D eigenvalue weighted by Crippen LogP contribution is 2.33. The molecule has 0 aliphatic rings. The van der Waals surface area contributed by atoms with Crippen LogP contribution in [0.4, 0.5) is 0 Å². The Kier molecular flexibility index (Phi) is 28.3. The Bertz CT molecular complexity index is 4500. The van der Waals surface area contributed by atoms with Gasteiger partial charge in [0, 0.05) is 25.2 Å². The van der Waals surface area contributed by atoms with E-state index in [-0.39, 0.29) is 56.8 Å². The fraction of sp³-hybridized carbons (Fsp3) is 0.315. The number of pyridine rings is 1. The standard InChI is InChI=1S/C89H93N5O14/c1-5-9-11-13-15-17-19-21-23-25-58-101-68-42-30-62(31-43-68)84(95)103-70-46-34-64(35-47-70)86(97)105-72-50-38-66(39-51-72)88(99)107-74-54-56-80-78(60-74)91-82(93(80)7-3)76-28-27-29-77(90-76)83-92-79-61-75(55-57-81(79)94(83)8-4)108-89(100)67-40-52-73(53-41-67)106-87(98)65-36-48-71(49-37-65)104-85(96)63-32-44-69(45-33-63)102-59-26-24-22-20-18-16-14-12-10-6-2/h27-57,60-61H,5-26,58-59H2,1-4H3. The van der Waals surface area contributed by atoms with Crippen molar-refractivity contribution >= 4 is 57.9 Å². The smallest absolute Gasteiger partial charge is 0.343 e. The lowest BCUT2D eigenvalue weighted by molar-refractivity contribution is 0.0718. The fourth-order valence-electron chi connectivity index (χ4n) is 12.6. The predicted molar refractivity (Wildman–Crippen MR) is 416 cm³/mol. The molecule has 3 aromatic heterocycles. The highest BCUT2D eigenvalue weighted by Gasteiger charge is 2.22. The van der Waals surface area contributed by atoms with Gasteiger partial charge in [0.05, 0.1) is 68.7 Å². The summed E-state index contributed by atoms with van der Waals surface area (Å²) in [7, 11) is 0. The number of aromatic nitrogens is 5. The summed E-state index contributed by atoms with van der Waals surface area (Å²) in [4.78, 5) is 94.2. The second-order valence-electron chi connectivity index (χ2n) is 26.6. The van der Waals surface area contributed by atoms with Crippen molar-refractivity contribution in [1.29, 1.82) is 0 Å². The summed E-state index contributed by atoms with van der Waals surface area (Å²) in [6.45, 7) is 10.8. The molecule has 0 bridgehead atoms. The van der Waals surface area contributed by atoms with Gasteiger partial charge in [-0.25, -0.2) is 43.7 Å². The molecule has 558 valence electrons. The summed E-state index contributed by atoms with van der Waals surface area (Å²) in [5.74, 6) is 0.351. The number of nitrogens with zero attached hydrogens (tertiary/aromatic N) is 5. The number of benzene rings is 8. The average Bonchev–Trinajstić information content (AvgIpc) is 1.62. The molecule has 0 aliphatic carbocycles. The Labute approximate surface area is 630 Å². The summed E-state index contributed by atoms with van der Waals surface area (Å²) in [6.07, 6.45) is 25.0. The molecular formula is C89H93N5O14. The van der Waals surface area contributed by atoms with Gasteiger partial charge in [0.25, 0.3) is 0 Å². The molecule has 11 aromatic rings. The summed E-state index contributed by atoms with van der Waals surface area (Å²) in [5.41, 5.74) is 5.51. The maximum absolute atomic E-state index is 13.5. The van der Waals surface area contributed by atoms with Gasteiger partial charge in [-0.2, -0.15) is 0 Å². The van der Waals surface area contributed by atoms with Gasteiger partial charge in [0.2, 0.25) is 0 Å². The normalized spacial score (nSPS) is 11.1. The first kappa shape index (κ1) is 77.4. The second-order valence-corrected chi connectivity index (χ2v) is 26.6. The van der Waals surface area contributed by atoms with Crippen molar-refractivity contribution in [3.05, 3.63) is 234 Å². The molecule has 19 heteroatoms. The Morgan fingerprint density at radius 2 is 0.509 bits per heavy atom. The molecule has 0 aliphatic heterocycles. The lowest BCUT2D eigenvalue weighted by atomic mass is 10.1. The molecule has 0 amide bonds. The molecule has 19 nitrogen and oxygen atoms in total. The summed E-state index contributed by atoms with van der Waals surface area (Å²) < 4.78 is 49.8. The van der Waals surface area contributed by atoms with E-state index in [0.29, 0.717) is 83.0 Å². The monoisotopic (exact) mass is 1460 g/mol. The molecule has 0 saturated heterocycles. The number of carbonyl (C=O) groups excluding carboxylic acids is 6. The van der Waals surface area contributed by atoms with Crippen LogP contribution in [-0.4, -0.2) is 73.1 Å². The van der Waals surface area contributed by atoms with Gasteiger partial charge in [0.1, 0.15) is 57.4 Å². The summed E-state index contributed by atoms with van der Waals surface area (Å²) >= 11 is 0. The number of ether oxygens (including phenoxy) is 8. The summed E-state index contributed by atoms with van der Waals surface area (Å²) in [5, 5.41) is 0. The fourth-order valence-corrected chi connectivity index (χ4v) is 12.6. The molecule has 0 spiro atoms. The molecule has 0 N–H and O–H groups in total. The Balaban J connectivity index is 0.624. The third-order valence-electron chi connectivity index (χ3n) is 18.6. The van der Waals surface area contributed by atoms with Crippen LogP contribution in [0, 0.1) is 0 Å². The first-order valence-electron chi connectivity index (χ1n) is 38.0. The molecule has 0 saturated carbocycles. The topological polar surface area (TPSA) is 225 Å². The van der Waals surface area contributed by atoms with Crippen LogP contribution in [-0.2, 0) is 13.1 Å². The van der Waals surface area contributed by atoms with Crippen molar-refractivity contribution in [3.8, 4) is 69.0 Å². The van der Waals surface area contributed by atoms with E-state index in [9.17, 15) is 28.8 Å². The number of esters is 6. The van der Waals surface area contributed by atoms with Crippen LogP contribution in [0.5, 0.6) is 46.0 Å². The lowest BCUT2D eigenvalue weighted by Crippen LogP contribution is -2.11. The van der Waals surface area contributed by atoms with E-state index in [1.807, 2.05) is 53.3 Å². The Morgan fingerprint density at radius 1 is 0.269 bits per heavy atom. The van der Waals surface area contributed by atoms with Crippen LogP contribution in [0.25, 0.3) is 45.1 Å². The second kappa shape index (κ2) is 39.6. The maximum Gasteiger partial charge on any atom is 0.343 e. The van der Waals surface area contributed by atoms with E-state index < -0.39 is 35.8 Å². The highest BCUT2D eigenvalue weighted by molar-refractivity contribution is 5.96. The zero-order valence-corrected chi connectivity index (χ0v) is 62.0. The largest absolute Gasteiger partial charge is 0.494 e. The molecule has 0 unspecified atom stereocenters. The van der Waals surface area contributed by atoms with E-state index in [1.165, 1.54) is 200 Å². The Hall–Kier alpha value is -11.7. The summed E-state index contributed by atoms with van der Waals surface area (Å²) in [6, 6.07) is 53.8. The van der Waals surface area contributed by atoms with Gasteiger partial charge in [-0.15, -0.1) is 0 Å². The van der Waals surface area contributed by atoms with Crippen molar-refractivity contribution in [2.24, 2.45) is 0 Å². The SMILES string of the molecule is CCCCCCCCCCCCOc1ccc(C(=O)Oc2ccc(C(=O)Oc3ccc(C(=O)Oc4ccc5c(c4)nc(-c4cccc(-c6nc7cc(OC(=O)c8ccc(OC(=O)c9ccc(OC(=O)c%10ccc(OCCCCCCCCCCCC)cc%10)cc9)cc8)ccc7n6CC)n4)n5CC)cc3)cc2)cc1. The van der Waals surface area contributed by atoms with E-state index in [0.717, 1.165) is 36.7 Å². The van der Waals surface area contributed by atoms with Crippen molar-refractivity contribution in [1.82, 2.24) is 24.1 Å². The number of imidazole rings is 2. The number of fused-ring (bicyclic) bond motifs is 2. The van der Waals surface area contributed by atoms with Gasteiger partial charge >= 0.3 is 35.8 Å². The van der Waals surface area contributed by atoms with Crippen molar-refractivity contribution in [3.63, 3.8) is 0 Å². The van der Waals surface area contributed by atoms with Gasteiger partial charge < -0.3 is 47.0 Å². The number of hydrogen-bond acceptors (Lipinski definition) is 17. The van der Waals surface area contributed by atoms with E-state index in [1.54, 1.807) is 72.8 Å². The number of carbonyl (C=O) groups is 6. The molecule has 8 aromatic carbocycles. The predicted octanol–water partition coefficient (Wildman–Crippen LogP) is 21.1. The van der Waals surface area contributed by atoms with Crippen LogP contribution in [0.15, 0.2) is 200 Å². The van der Waals surface area contributed by atoms with Crippen LogP contribution in [0.3, 0.4) is 0 Å². The molecule has 0 radical (unpaired) electrons. The molecule has 3 heterocycles. The average molecular weight is 1460 g/mol. The van der Waals surface area contributed by atoms with Gasteiger partial charge in [-0.05, 0) is 209 Å². The van der Waals surface area contributed by atoms with E-state index in [2.05, 4.69) is 13.8 Å². The molecule has 108 heavy (non-hydrogen) atoms. The minimum atomic E-state index is -0.648. The van der Waals surface area contributed by atoms with Crippen LogP contribution in [0.2, 0.25) is 0 Å². The van der Waals surface area contributed by atoms with E-state index in [4.69, 9.17) is 52.8 Å². The molecule has 0 atom stereocenters. The molecule has 0 fully saturated rings. The Morgan fingerprint density at radius 3 is 0.778 bits per heavy atom. The number of hydrogen-bond donors (Lipinski definition) is 0. The number of rotatable bonds is 40.